The highest BCUT2D eigenvalue weighted by molar-refractivity contribution is 7.89. The van der Waals surface area contributed by atoms with Crippen molar-refractivity contribution in [3.05, 3.63) is 51.9 Å². The third-order valence-electron chi connectivity index (χ3n) is 4.49. The largest absolute Gasteiger partial charge is 0.433 e. The Morgan fingerprint density at radius 3 is 2.47 bits per heavy atom. The molecule has 2 heterocycles. The number of sulfonamides is 1. The minimum atomic E-state index is -4.59. The van der Waals surface area contributed by atoms with E-state index in [0.29, 0.717) is 16.9 Å². The van der Waals surface area contributed by atoms with Crippen molar-refractivity contribution in [3.8, 4) is 11.9 Å². The van der Waals surface area contributed by atoms with Crippen molar-refractivity contribution in [1.29, 1.82) is 0 Å². The number of benzene rings is 1. The summed E-state index contributed by atoms with van der Waals surface area (Å²) in [6, 6.07) is 3.87. The van der Waals surface area contributed by atoms with Crippen LogP contribution in [-0.4, -0.2) is 27.7 Å². The fourth-order valence-corrected chi connectivity index (χ4v) is 4.58. The zero-order valence-corrected chi connectivity index (χ0v) is 19.3. The number of aromatic nitrogens is 4. The lowest BCUT2D eigenvalue weighted by Crippen LogP contribution is -2.28. The summed E-state index contributed by atoms with van der Waals surface area (Å²) >= 11 is 11.7. The first-order valence-electron chi connectivity index (χ1n) is 9.15. The molecule has 2 aromatic heterocycles. The first kappa shape index (κ1) is 24.4. The Balaban J connectivity index is 1.84. The average Bonchev–Trinajstić information content (AvgIpc) is 3.26. The summed E-state index contributed by atoms with van der Waals surface area (Å²) in [5.74, 6) is -0.296. The van der Waals surface area contributed by atoms with E-state index in [-0.39, 0.29) is 26.8 Å². The van der Waals surface area contributed by atoms with Crippen molar-refractivity contribution in [3.63, 3.8) is 0 Å². The van der Waals surface area contributed by atoms with Gasteiger partial charge in [0.2, 0.25) is 15.9 Å². The second kappa shape index (κ2) is 8.93. The first-order valence-corrected chi connectivity index (χ1v) is 11.4. The summed E-state index contributed by atoms with van der Waals surface area (Å²) in [6.45, 7) is 3.64. The third-order valence-corrected chi connectivity index (χ3v) is 6.76. The number of aryl methyl sites for hydroxylation is 1. The number of nitrogens with zero attached hydrogens (tertiary/aromatic N) is 4. The molecule has 1 aromatic carbocycles. The molecule has 8 nitrogen and oxygen atoms in total. The third kappa shape index (κ3) is 5.03. The number of ether oxygens (including phenoxy) is 1. The molecular formula is C18H18Cl2F3N5O3S. The van der Waals surface area contributed by atoms with Crippen molar-refractivity contribution < 1.29 is 26.3 Å². The lowest BCUT2D eigenvalue weighted by Gasteiger charge is -2.17. The van der Waals surface area contributed by atoms with Gasteiger partial charge in [-0.25, -0.2) is 18.1 Å². The SMILES string of the molecule is CCn1c(C(C)NS(=O)(=O)c2ccc(Cl)c(Cl)c2)cnc1Oc1cc(C(F)(F)F)n(C)n1. The molecular weight excluding hydrogens is 494 g/mol. The van der Waals surface area contributed by atoms with Crippen LogP contribution in [0.3, 0.4) is 0 Å². The highest BCUT2D eigenvalue weighted by Crippen LogP contribution is 2.33. The standard InChI is InChI=1S/C18H18Cl2F3N5O3S/c1-4-28-14(10(2)26-32(29,30)11-5-6-12(19)13(20)7-11)9-24-17(28)31-16-8-15(18(21,22)23)27(3)25-16/h5-10,26H,4H2,1-3H3. The fourth-order valence-electron chi connectivity index (χ4n) is 2.97. The van der Waals surface area contributed by atoms with Gasteiger partial charge in [-0.2, -0.15) is 13.2 Å². The second-order valence-corrected chi connectivity index (χ2v) is 9.25. The summed E-state index contributed by atoms with van der Waals surface area (Å²) in [5.41, 5.74) is -0.553. The van der Waals surface area contributed by atoms with Crippen LogP contribution in [0.15, 0.2) is 35.4 Å². The topological polar surface area (TPSA) is 91.0 Å². The molecule has 1 N–H and O–H groups in total. The van der Waals surface area contributed by atoms with Crippen LogP contribution in [0, 0.1) is 0 Å². The summed E-state index contributed by atoms with van der Waals surface area (Å²) in [5, 5.41) is 4.01. The van der Waals surface area contributed by atoms with Crippen molar-refractivity contribution >= 4 is 33.2 Å². The maximum absolute atomic E-state index is 13.0. The molecule has 0 radical (unpaired) electrons. The molecule has 3 aromatic rings. The Morgan fingerprint density at radius 2 is 1.91 bits per heavy atom. The number of rotatable bonds is 7. The Bertz CT molecular complexity index is 1240. The van der Waals surface area contributed by atoms with Gasteiger partial charge < -0.3 is 4.74 Å². The fraction of sp³-hybridized carbons (Fsp3) is 0.333. The Hall–Kier alpha value is -2.28. The van der Waals surface area contributed by atoms with Crippen molar-refractivity contribution in [2.24, 2.45) is 7.05 Å². The first-order chi connectivity index (χ1) is 14.8. The van der Waals surface area contributed by atoms with Crippen molar-refractivity contribution in [2.45, 2.75) is 37.5 Å². The number of halogens is 5. The van der Waals surface area contributed by atoms with E-state index in [9.17, 15) is 21.6 Å². The van der Waals surface area contributed by atoms with Crippen molar-refractivity contribution in [2.75, 3.05) is 0 Å². The van der Waals surface area contributed by atoms with Gasteiger partial charge in [-0.3, -0.25) is 9.25 Å². The number of nitrogens with one attached hydrogen (secondary N) is 1. The predicted octanol–water partition coefficient (Wildman–Crippen LogP) is 4.79. The number of alkyl halides is 3. The molecule has 0 saturated carbocycles. The van der Waals surface area contributed by atoms with Gasteiger partial charge >= 0.3 is 12.2 Å². The lowest BCUT2D eigenvalue weighted by atomic mass is 10.3. The summed E-state index contributed by atoms with van der Waals surface area (Å²) in [7, 11) is -2.81. The summed E-state index contributed by atoms with van der Waals surface area (Å²) in [6.07, 6.45) is -3.22. The number of imidazole rings is 1. The molecule has 3 rings (SSSR count). The van der Waals surface area contributed by atoms with Crippen LogP contribution in [0.1, 0.15) is 31.3 Å². The van der Waals surface area contributed by atoms with Crippen molar-refractivity contribution in [1.82, 2.24) is 24.1 Å². The van der Waals surface area contributed by atoms with Gasteiger partial charge in [-0.15, -0.1) is 5.10 Å². The Morgan fingerprint density at radius 1 is 1.22 bits per heavy atom. The van der Waals surface area contributed by atoms with Crippen LogP contribution in [-0.2, 0) is 29.8 Å². The van der Waals surface area contributed by atoms with Gasteiger partial charge in [0.1, 0.15) is 5.69 Å². The van der Waals surface area contributed by atoms with Gasteiger partial charge in [0, 0.05) is 19.7 Å². The van der Waals surface area contributed by atoms with Gasteiger partial charge in [-0.05, 0) is 32.0 Å². The number of hydrogen-bond acceptors (Lipinski definition) is 5. The molecule has 14 heteroatoms. The van der Waals surface area contributed by atoms with E-state index in [1.165, 1.54) is 29.0 Å². The van der Waals surface area contributed by atoms with Crippen LogP contribution in [0.2, 0.25) is 10.0 Å². The van der Waals surface area contributed by atoms with Gasteiger partial charge in [0.25, 0.3) is 0 Å². The quantitative estimate of drug-likeness (QED) is 0.492. The van der Waals surface area contributed by atoms with E-state index in [1.54, 1.807) is 13.8 Å². The molecule has 1 unspecified atom stereocenters. The van der Waals surface area contributed by atoms with E-state index in [4.69, 9.17) is 27.9 Å². The van der Waals surface area contributed by atoms with Crippen LogP contribution in [0.5, 0.6) is 11.9 Å². The zero-order chi connectivity index (χ0) is 23.8. The maximum Gasteiger partial charge on any atom is 0.433 e. The van der Waals surface area contributed by atoms with Crippen LogP contribution in [0.25, 0.3) is 0 Å². The number of hydrogen-bond donors (Lipinski definition) is 1. The molecule has 32 heavy (non-hydrogen) atoms. The van der Waals surface area contributed by atoms with Gasteiger partial charge in [0.05, 0.1) is 32.9 Å². The van der Waals surface area contributed by atoms with Crippen LogP contribution < -0.4 is 9.46 Å². The summed E-state index contributed by atoms with van der Waals surface area (Å²) < 4.78 is 74.5. The van der Waals surface area contributed by atoms with E-state index >= 15 is 0 Å². The molecule has 0 fully saturated rings. The molecule has 0 spiro atoms. The molecule has 0 amide bonds. The Labute approximate surface area is 192 Å². The van der Waals surface area contributed by atoms with E-state index in [2.05, 4.69) is 14.8 Å². The minimum Gasteiger partial charge on any atom is -0.405 e. The maximum atomic E-state index is 13.0. The minimum absolute atomic E-state index is 0.0325. The van der Waals surface area contributed by atoms with E-state index in [1.807, 2.05) is 0 Å². The molecule has 0 saturated heterocycles. The molecule has 0 aliphatic carbocycles. The smallest absolute Gasteiger partial charge is 0.405 e. The lowest BCUT2D eigenvalue weighted by molar-refractivity contribution is -0.143. The van der Waals surface area contributed by atoms with Gasteiger partial charge in [0.15, 0.2) is 0 Å². The molecule has 0 bridgehead atoms. The van der Waals surface area contributed by atoms with E-state index in [0.717, 1.165) is 13.1 Å². The second-order valence-electron chi connectivity index (χ2n) is 6.72. The monoisotopic (exact) mass is 511 g/mol. The molecule has 0 aliphatic rings. The highest BCUT2D eigenvalue weighted by Gasteiger charge is 2.35. The van der Waals surface area contributed by atoms with Crippen LogP contribution >= 0.6 is 23.2 Å². The van der Waals surface area contributed by atoms with Gasteiger partial charge in [-0.1, -0.05) is 23.2 Å². The average molecular weight is 512 g/mol. The van der Waals surface area contributed by atoms with E-state index < -0.39 is 27.9 Å². The predicted molar refractivity (Wildman–Crippen MR) is 111 cm³/mol. The highest BCUT2D eigenvalue weighted by atomic mass is 35.5. The normalized spacial score (nSPS) is 13.4. The Kier molecular flexibility index (Phi) is 6.80. The molecule has 1 atom stereocenters. The zero-order valence-electron chi connectivity index (χ0n) is 17.0. The molecule has 174 valence electrons. The summed E-state index contributed by atoms with van der Waals surface area (Å²) in [4.78, 5) is 3.99. The van der Waals surface area contributed by atoms with Crippen LogP contribution in [0.4, 0.5) is 13.2 Å². The molecule has 0 aliphatic heterocycles.